The van der Waals surface area contributed by atoms with E-state index in [9.17, 15) is 14.4 Å². The van der Waals surface area contributed by atoms with Gasteiger partial charge in [0.15, 0.2) is 0 Å². The maximum atomic E-state index is 13.7. The summed E-state index contributed by atoms with van der Waals surface area (Å²) in [5.74, 6) is 0.618. The fraction of sp³-hybridized carbons (Fsp3) is 0.447. The van der Waals surface area contributed by atoms with Crippen molar-refractivity contribution in [1.82, 2.24) is 15.2 Å². The van der Waals surface area contributed by atoms with Gasteiger partial charge in [-0.1, -0.05) is 68.4 Å². The van der Waals surface area contributed by atoms with E-state index in [1.165, 1.54) is 30.4 Å². The Balaban J connectivity index is 0.867. The molecular formula is C47H53N5O4. The van der Waals surface area contributed by atoms with E-state index in [0.717, 1.165) is 65.6 Å². The molecule has 7 atom stereocenters. The number of nitrogens with one attached hydrogen (secondary N) is 1. The molecule has 8 rings (SSSR count). The van der Waals surface area contributed by atoms with Gasteiger partial charge < -0.3 is 15.0 Å². The molecule has 56 heavy (non-hydrogen) atoms. The number of nitrogens with zero attached hydrogens (tertiary/aromatic N) is 4. The molecule has 2 aromatic carbocycles. The number of likely N-dealkylation sites (tertiary alicyclic amines) is 1. The van der Waals surface area contributed by atoms with Gasteiger partial charge in [-0.3, -0.25) is 29.4 Å². The first-order valence-electron chi connectivity index (χ1n) is 20.5. The van der Waals surface area contributed by atoms with Crippen molar-refractivity contribution in [2.45, 2.75) is 84.2 Å². The number of aliphatic imine (C=N–C) groups is 2. The van der Waals surface area contributed by atoms with Crippen LogP contribution in [0.5, 0.6) is 0 Å². The van der Waals surface area contributed by atoms with Crippen LogP contribution in [-0.4, -0.2) is 58.8 Å². The van der Waals surface area contributed by atoms with Crippen LogP contribution >= 0.6 is 0 Å². The first-order chi connectivity index (χ1) is 27.2. The smallest absolute Gasteiger partial charge is 0.306 e. The second kappa shape index (κ2) is 16.1. The van der Waals surface area contributed by atoms with Crippen LogP contribution in [0.2, 0.25) is 0 Å². The van der Waals surface area contributed by atoms with Gasteiger partial charge in [-0.05, 0) is 102 Å². The lowest BCUT2D eigenvalue weighted by molar-refractivity contribution is -0.148. The highest BCUT2D eigenvalue weighted by molar-refractivity contribution is 6.04. The van der Waals surface area contributed by atoms with Gasteiger partial charge >= 0.3 is 5.97 Å². The minimum Gasteiger partial charge on any atom is -0.469 e. The third-order valence-corrected chi connectivity index (χ3v) is 13.2. The number of aromatic nitrogens is 1. The summed E-state index contributed by atoms with van der Waals surface area (Å²) in [4.78, 5) is 55.5. The monoisotopic (exact) mass is 751 g/mol. The summed E-state index contributed by atoms with van der Waals surface area (Å²) in [5, 5.41) is 3.31. The number of hydrogen-bond acceptors (Lipinski definition) is 7. The van der Waals surface area contributed by atoms with Crippen molar-refractivity contribution < 1.29 is 19.1 Å². The van der Waals surface area contributed by atoms with Crippen molar-refractivity contribution in [3.63, 3.8) is 0 Å². The quantitative estimate of drug-likeness (QED) is 0.187. The van der Waals surface area contributed by atoms with Crippen LogP contribution in [0.3, 0.4) is 0 Å². The number of amides is 2. The first-order valence-corrected chi connectivity index (χ1v) is 20.5. The number of allylic oxidation sites excluding steroid dienone is 2. The van der Waals surface area contributed by atoms with Crippen molar-refractivity contribution in [3.8, 4) is 11.1 Å². The third kappa shape index (κ3) is 7.52. The molecule has 3 aliphatic heterocycles. The van der Waals surface area contributed by atoms with Gasteiger partial charge in [-0.15, -0.1) is 0 Å². The van der Waals surface area contributed by atoms with Crippen LogP contribution < -0.4 is 5.32 Å². The molecule has 9 heteroatoms. The lowest BCUT2D eigenvalue weighted by Crippen LogP contribution is -2.45. The predicted molar refractivity (Wildman–Crippen MR) is 220 cm³/mol. The molecule has 1 saturated heterocycles. The number of fused-ring (bicyclic) bond motifs is 2. The van der Waals surface area contributed by atoms with Gasteiger partial charge in [0.25, 0.3) is 0 Å². The first kappa shape index (κ1) is 37.7. The fourth-order valence-electron chi connectivity index (χ4n) is 10.0. The normalized spacial score (nSPS) is 25.1. The van der Waals surface area contributed by atoms with Crippen LogP contribution in [0.15, 0.2) is 95.4 Å². The van der Waals surface area contributed by atoms with E-state index in [1.54, 1.807) is 6.20 Å². The molecule has 2 bridgehead atoms. The Morgan fingerprint density at radius 2 is 1.45 bits per heavy atom. The van der Waals surface area contributed by atoms with E-state index in [1.807, 2.05) is 56.4 Å². The highest BCUT2D eigenvalue weighted by Gasteiger charge is 2.53. The van der Waals surface area contributed by atoms with Crippen LogP contribution in [-0.2, 0) is 19.1 Å². The summed E-state index contributed by atoms with van der Waals surface area (Å²) < 4.78 is 4.89. The Labute approximate surface area is 330 Å². The minimum atomic E-state index is -0.396. The van der Waals surface area contributed by atoms with Crippen molar-refractivity contribution in [1.29, 1.82) is 0 Å². The minimum absolute atomic E-state index is 0.0220. The Hall–Kier alpha value is -5.18. The van der Waals surface area contributed by atoms with Gasteiger partial charge in [0, 0.05) is 67.4 Å². The molecule has 0 radical (unpaired) electrons. The molecule has 290 valence electrons. The molecule has 2 saturated carbocycles. The molecule has 1 N–H and O–H groups in total. The molecule has 3 aromatic rings. The maximum absolute atomic E-state index is 13.7. The maximum Gasteiger partial charge on any atom is 0.306 e. The van der Waals surface area contributed by atoms with Gasteiger partial charge in [0.05, 0.1) is 31.5 Å². The van der Waals surface area contributed by atoms with Crippen molar-refractivity contribution in [2.75, 3.05) is 13.7 Å². The lowest BCUT2D eigenvalue weighted by Gasteiger charge is -2.31. The largest absolute Gasteiger partial charge is 0.469 e. The van der Waals surface area contributed by atoms with E-state index in [2.05, 4.69) is 58.8 Å². The summed E-state index contributed by atoms with van der Waals surface area (Å²) in [7, 11) is 1.37. The molecule has 2 amide bonds. The van der Waals surface area contributed by atoms with E-state index in [4.69, 9.17) is 14.7 Å². The zero-order chi connectivity index (χ0) is 38.9. The van der Waals surface area contributed by atoms with Gasteiger partial charge in [0.2, 0.25) is 11.8 Å². The van der Waals surface area contributed by atoms with E-state index >= 15 is 0 Å². The third-order valence-electron chi connectivity index (χ3n) is 13.2. The van der Waals surface area contributed by atoms with E-state index < -0.39 is 5.92 Å². The molecule has 4 heterocycles. The van der Waals surface area contributed by atoms with Crippen LogP contribution in [0.4, 0.5) is 0 Å². The second-order valence-electron chi connectivity index (χ2n) is 16.8. The summed E-state index contributed by atoms with van der Waals surface area (Å²) in [6.45, 7) is 6.71. The number of methoxy groups -OCH3 is 1. The number of ether oxygens (including phenoxy) is 1. The van der Waals surface area contributed by atoms with Crippen molar-refractivity contribution in [2.24, 2.45) is 45.5 Å². The molecule has 1 aromatic heterocycles. The van der Waals surface area contributed by atoms with Crippen molar-refractivity contribution in [3.05, 3.63) is 102 Å². The highest BCUT2D eigenvalue weighted by atomic mass is 16.5. The predicted octanol–water partition coefficient (Wildman–Crippen LogP) is 8.49. The summed E-state index contributed by atoms with van der Waals surface area (Å²) in [6, 6.07) is 21.2. The Morgan fingerprint density at radius 3 is 2.07 bits per heavy atom. The second-order valence-corrected chi connectivity index (χ2v) is 16.8. The molecule has 0 unspecified atom stereocenters. The van der Waals surface area contributed by atoms with Crippen LogP contribution in [0.1, 0.15) is 94.9 Å². The number of pyridine rings is 1. The van der Waals surface area contributed by atoms with Gasteiger partial charge in [0.1, 0.15) is 0 Å². The molecule has 2 aliphatic carbocycles. The average molecular weight is 752 g/mol. The number of benzene rings is 2. The summed E-state index contributed by atoms with van der Waals surface area (Å²) in [6.07, 6.45) is 14.4. The van der Waals surface area contributed by atoms with E-state index in [-0.39, 0.29) is 54.0 Å². The van der Waals surface area contributed by atoms with Crippen LogP contribution in [0.25, 0.3) is 22.3 Å². The van der Waals surface area contributed by atoms with Crippen molar-refractivity contribution >= 4 is 40.4 Å². The number of hydrogen-bond donors (Lipinski definition) is 1. The number of esters is 1. The molecule has 5 aliphatic rings. The topological polar surface area (TPSA) is 113 Å². The zero-order valence-corrected chi connectivity index (χ0v) is 33.0. The standard InChI is InChI=1S/C47H53N5O4/c1-28(2)39(24-43(53)56-4)47(55)52-20-6-8-42(52)40-22-37(26-49-40)32-13-9-30(10-14-32)31-11-15-33(16-12-31)38-23-41(50-27-38)44-34-17-18-35(21-34)45(44)46(54)51-29(3)36-7-5-19-48-25-36/h5,7,9-16,19,25-29,34-35,39,42,44-45H,6,8,17-18,20-24H2,1-4H3,(H,51,54)/t29-,34-,35+,39-,42-,44-,45+/m0/s1. The molecule has 3 fully saturated rings. The van der Waals surface area contributed by atoms with Gasteiger partial charge in [-0.25, -0.2) is 0 Å². The summed E-state index contributed by atoms with van der Waals surface area (Å²) >= 11 is 0. The fourth-order valence-corrected chi connectivity index (χ4v) is 10.0. The Kier molecular flexibility index (Phi) is 10.9. The van der Waals surface area contributed by atoms with Crippen LogP contribution in [0, 0.1) is 35.5 Å². The van der Waals surface area contributed by atoms with Gasteiger partial charge in [-0.2, -0.15) is 0 Å². The SMILES string of the molecule is COC(=O)C[C@H](C(=O)N1CCC[C@H]1C1=NC=C(c2ccc(-c3ccc(C4=CN=C([C@@H]5[C@H]6CC[C@H](C6)[C@H]5C(=O)N[C@@H](C)c5cccnc5)C4)cc3)cc2)C1)C(C)C. The lowest BCUT2D eigenvalue weighted by atomic mass is 9.74. The number of carbonyl (C=O) groups excluding carboxylic acids is 3. The number of carbonyl (C=O) groups is 3. The molecule has 9 nitrogen and oxygen atoms in total. The average Bonchev–Trinajstić information content (AvgIpc) is 4.08. The Bertz CT molecular complexity index is 2080. The van der Waals surface area contributed by atoms with E-state index in [0.29, 0.717) is 24.8 Å². The summed E-state index contributed by atoms with van der Waals surface area (Å²) in [5.41, 5.74) is 10.2. The molecule has 0 spiro atoms. The zero-order valence-electron chi connectivity index (χ0n) is 33.0. The number of rotatable bonds is 12. The molecular weight excluding hydrogens is 699 g/mol. The Morgan fingerprint density at radius 1 is 0.821 bits per heavy atom. The highest BCUT2D eigenvalue weighted by Crippen LogP contribution is 2.54.